The van der Waals surface area contributed by atoms with Gasteiger partial charge in [-0.05, 0) is 92.6 Å². The van der Waals surface area contributed by atoms with Crippen molar-refractivity contribution in [2.24, 2.45) is 0 Å². The monoisotopic (exact) mass is 1320 g/mol. The van der Waals surface area contributed by atoms with Crippen LogP contribution in [0, 0.1) is 94.7 Å². The Labute approximate surface area is 537 Å². The molecule has 0 saturated heterocycles. The van der Waals surface area contributed by atoms with Crippen LogP contribution in [0.25, 0.3) is 32.7 Å². The first-order valence-corrected chi connectivity index (χ1v) is 30.8. The molecule has 0 aromatic heterocycles. The van der Waals surface area contributed by atoms with Gasteiger partial charge in [0, 0.05) is 34.7 Å². The molecule has 4 heterocycles. The number of ether oxygens (including phenoxy) is 8. The fraction of sp³-hybridized carbons (Fsp3) is 0.125. The number of carbonyl (C=O) groups is 8. The summed E-state index contributed by atoms with van der Waals surface area (Å²) in [5.41, 5.74) is 0.564. The molecule has 0 saturated carbocycles. The minimum Gasteiger partial charge on any atom is -0.465 e. The molecule has 0 N–H and O–H groups in total. The number of hydrogen-bond donors (Lipinski definition) is 0. The van der Waals surface area contributed by atoms with E-state index in [4.69, 9.17) is 37.9 Å². The smallest absolute Gasteiger partial charge is 0.346 e. The maximum atomic E-state index is 12.5. The normalized spacial score (nSPS) is 13.4. The molecule has 3 aromatic rings. The molecule has 0 spiro atoms. The average Bonchev–Trinajstić information content (AvgIpc) is 1.51. The summed E-state index contributed by atoms with van der Waals surface area (Å²) in [7, 11) is 9.60. The van der Waals surface area contributed by atoms with Gasteiger partial charge in [-0.25, -0.2) is 38.4 Å². The molecule has 88 heavy (non-hydrogen) atoms. The minimum atomic E-state index is -0.712. The molecule has 0 aliphatic carbocycles. The molecule has 3 aromatic carbocycles. The number of carbonyl (C=O) groups excluding carboxylic acids is 8. The van der Waals surface area contributed by atoms with Crippen LogP contribution in [0.2, 0.25) is 0 Å². The number of methoxy groups -OCH3 is 8. The van der Waals surface area contributed by atoms with Gasteiger partial charge in [0.1, 0.15) is 39.2 Å². The summed E-state index contributed by atoms with van der Waals surface area (Å²) in [5.74, 6) is 41.2. The van der Waals surface area contributed by atoms with Crippen LogP contribution in [0.15, 0.2) is 129 Å². The number of hydrogen-bond acceptors (Lipinski definition) is 24. The van der Waals surface area contributed by atoms with E-state index < -0.39 is 47.8 Å². The van der Waals surface area contributed by atoms with Gasteiger partial charge in [0.2, 0.25) is 0 Å². The lowest BCUT2D eigenvalue weighted by Gasteiger charge is -2.09. The summed E-state index contributed by atoms with van der Waals surface area (Å²) in [4.78, 5) is 101. The number of fused-ring (bicyclic) bond motifs is 2. The molecule has 436 valence electrons. The maximum Gasteiger partial charge on any atom is 0.346 e. The van der Waals surface area contributed by atoms with E-state index in [1.54, 1.807) is 0 Å². The molecule has 0 fully saturated rings. The standard InChI is InChI=1S/C64H36O16S8/c1-73-57(65)49-50(58(66)74-2)82-43(81-49)33-17-9-13-25-37(26-14-10-18-34-44-83-51(59(67)75-3)52(84-44)60(68)76-4)47-39-29-21-23-31-41(39)48(42-32-24-22-30-40(42)47)38(27-15-11-19-35-45-85-53(61(69)77-5)54(86-45)62(70)78-6)28-16-12-20-36-46-87-55(63(71)79-7)56(88-46)64(72)80-8/h21-24,29-36H,1-8H3. The molecule has 0 amide bonds. The van der Waals surface area contributed by atoms with Gasteiger partial charge >= 0.3 is 47.8 Å². The van der Waals surface area contributed by atoms with Gasteiger partial charge in [0.05, 0.1) is 85.0 Å². The van der Waals surface area contributed by atoms with E-state index in [1.165, 1.54) is 81.2 Å². The molecule has 24 heteroatoms. The van der Waals surface area contributed by atoms with Crippen molar-refractivity contribution in [2.45, 2.75) is 0 Å². The second kappa shape index (κ2) is 32.6. The fourth-order valence-electron chi connectivity index (χ4n) is 7.19. The van der Waals surface area contributed by atoms with Gasteiger partial charge in [-0.2, -0.15) is 0 Å². The van der Waals surface area contributed by atoms with Crippen molar-refractivity contribution < 1.29 is 76.3 Å². The SMILES string of the molecule is COC(=O)C1=C(C(=O)OC)SC(=CC#CC#CC(C#CC#CC=C2SC(C(=O)OC)=C(C(=O)OC)S2)=c2c3ccccc3c(=C(C#CC#CC=C3SC(C(=O)OC)=C(C(=O)OC)S3)C#CC#CC=C3SC(C(=O)OC)=C(C(=O)OC)S3)c3ccccc23)S1. The fourth-order valence-corrected chi connectivity index (χ4v) is 16.2. The first-order valence-electron chi connectivity index (χ1n) is 24.3. The Balaban J connectivity index is 1.43. The van der Waals surface area contributed by atoms with Crippen molar-refractivity contribution in [1.82, 2.24) is 0 Å². The zero-order chi connectivity index (χ0) is 63.3. The Bertz CT molecular complexity index is 3900. The van der Waals surface area contributed by atoms with E-state index in [9.17, 15) is 38.4 Å². The van der Waals surface area contributed by atoms with Crippen LogP contribution in [0.5, 0.6) is 0 Å². The Kier molecular flexibility index (Phi) is 24.6. The average molecular weight is 1320 g/mol. The molecule has 0 unspecified atom stereocenters. The van der Waals surface area contributed by atoms with Crippen LogP contribution in [0.3, 0.4) is 0 Å². The third-order valence-electron chi connectivity index (χ3n) is 10.9. The summed E-state index contributed by atoms with van der Waals surface area (Å²) in [6.45, 7) is 0. The van der Waals surface area contributed by atoms with Crippen LogP contribution in [-0.4, -0.2) is 105 Å². The number of thioether (sulfide) groups is 8. The number of allylic oxidation sites excluding steroid dienone is 4. The van der Waals surface area contributed by atoms with Crippen LogP contribution >= 0.6 is 94.1 Å². The van der Waals surface area contributed by atoms with E-state index in [0.717, 1.165) is 94.1 Å². The number of benzene rings is 3. The van der Waals surface area contributed by atoms with Crippen molar-refractivity contribution in [3.8, 4) is 94.7 Å². The van der Waals surface area contributed by atoms with E-state index in [0.29, 0.717) is 48.9 Å². The van der Waals surface area contributed by atoms with Crippen LogP contribution in [0.4, 0.5) is 0 Å². The zero-order valence-electron chi connectivity index (χ0n) is 46.7. The summed E-state index contributed by atoms with van der Waals surface area (Å²) >= 11 is 7.99. The molecule has 0 bridgehead atoms. The maximum absolute atomic E-state index is 12.5. The lowest BCUT2D eigenvalue weighted by atomic mass is 9.93. The first kappa shape index (κ1) is 66.4. The van der Waals surface area contributed by atoms with E-state index in [-0.39, 0.29) is 50.4 Å². The van der Waals surface area contributed by atoms with Crippen molar-refractivity contribution >= 4 is 175 Å². The summed E-state index contributed by atoms with van der Waals surface area (Å²) in [6.07, 6.45) is 5.99. The Morgan fingerprint density at radius 2 is 0.455 bits per heavy atom. The summed E-state index contributed by atoms with van der Waals surface area (Å²) < 4.78 is 40.9. The van der Waals surface area contributed by atoms with E-state index in [2.05, 4.69) is 94.7 Å². The number of rotatable bonds is 8. The van der Waals surface area contributed by atoms with E-state index in [1.807, 2.05) is 48.5 Å². The highest BCUT2D eigenvalue weighted by atomic mass is 32.2. The van der Waals surface area contributed by atoms with Gasteiger partial charge in [0.25, 0.3) is 0 Å². The Morgan fingerprint density at radius 3 is 0.614 bits per heavy atom. The predicted octanol–water partition coefficient (Wildman–Crippen LogP) is 7.84. The second-order valence-corrected chi connectivity index (χ2v) is 25.4. The third-order valence-corrected chi connectivity index (χ3v) is 20.6. The van der Waals surface area contributed by atoms with Crippen LogP contribution < -0.4 is 10.4 Å². The van der Waals surface area contributed by atoms with Crippen molar-refractivity contribution in [1.29, 1.82) is 0 Å². The summed E-state index contributed by atoms with van der Waals surface area (Å²) in [6, 6.07) is 14.8. The van der Waals surface area contributed by atoms with Crippen molar-refractivity contribution in [3.05, 3.63) is 139 Å². The Hall–Kier alpha value is -9.12. The van der Waals surface area contributed by atoms with Crippen molar-refractivity contribution in [2.75, 3.05) is 56.9 Å². The largest absolute Gasteiger partial charge is 0.465 e. The third kappa shape index (κ3) is 16.3. The highest BCUT2D eigenvalue weighted by molar-refractivity contribution is 8.30. The van der Waals surface area contributed by atoms with Gasteiger partial charge in [-0.3, -0.25) is 0 Å². The molecule has 0 atom stereocenters. The van der Waals surface area contributed by atoms with Gasteiger partial charge in [-0.1, -0.05) is 166 Å². The number of esters is 8. The van der Waals surface area contributed by atoms with Crippen molar-refractivity contribution in [3.63, 3.8) is 0 Å². The first-order chi connectivity index (χ1) is 42.6. The molecular weight excluding hydrogens is 1280 g/mol. The van der Waals surface area contributed by atoms with Crippen LogP contribution in [-0.2, 0) is 76.3 Å². The molecule has 7 rings (SSSR count). The predicted molar refractivity (Wildman–Crippen MR) is 347 cm³/mol. The molecule has 4 aliphatic heterocycles. The van der Waals surface area contributed by atoms with Gasteiger partial charge in [0.15, 0.2) is 0 Å². The van der Waals surface area contributed by atoms with E-state index >= 15 is 0 Å². The quantitative estimate of drug-likeness (QED) is 0.0910. The lowest BCUT2D eigenvalue weighted by molar-refractivity contribution is -0.138. The highest BCUT2D eigenvalue weighted by Gasteiger charge is 2.35. The molecule has 16 nitrogen and oxygen atoms in total. The minimum absolute atomic E-state index is 0.0544. The second-order valence-electron chi connectivity index (χ2n) is 15.9. The van der Waals surface area contributed by atoms with Crippen LogP contribution in [0.1, 0.15) is 0 Å². The lowest BCUT2D eigenvalue weighted by Crippen LogP contribution is -2.18. The Morgan fingerprint density at radius 1 is 0.284 bits per heavy atom. The molecule has 0 radical (unpaired) electrons. The van der Waals surface area contributed by atoms with Gasteiger partial charge < -0.3 is 37.9 Å². The highest BCUT2D eigenvalue weighted by Crippen LogP contribution is 2.52. The summed E-state index contributed by atoms with van der Waals surface area (Å²) in [5, 5.41) is 3.75. The topological polar surface area (TPSA) is 210 Å². The molecular formula is C64H36O16S8. The zero-order valence-corrected chi connectivity index (χ0v) is 53.3. The van der Waals surface area contributed by atoms with Gasteiger partial charge in [-0.15, -0.1) is 0 Å². The molecule has 4 aliphatic rings.